The maximum absolute atomic E-state index is 13.9. The minimum Gasteiger partial charge on any atom is -0.207 e. The van der Waals surface area contributed by atoms with Crippen molar-refractivity contribution in [2.24, 2.45) is 0 Å². The Hall–Kier alpha value is -2.47. The van der Waals surface area contributed by atoms with Crippen molar-refractivity contribution in [3.05, 3.63) is 120 Å². The molecule has 0 aromatic heterocycles. The minimum absolute atomic E-state index is 0.323. The van der Waals surface area contributed by atoms with Gasteiger partial charge in [-0.05, 0) is 54.6 Å². The normalized spacial score (nSPS) is 11.3. The van der Waals surface area contributed by atoms with Gasteiger partial charge in [0.05, 0.1) is 5.02 Å². The van der Waals surface area contributed by atoms with Crippen molar-refractivity contribution in [2.75, 3.05) is 0 Å². The fourth-order valence-electron chi connectivity index (χ4n) is 3.57. The largest absolute Gasteiger partial charge is 0.207 e. The Morgan fingerprint density at radius 1 is 0.556 bits per heavy atom. The zero-order chi connectivity index (χ0) is 18.7. The van der Waals surface area contributed by atoms with Gasteiger partial charge in [-0.1, -0.05) is 66.2 Å². The van der Waals surface area contributed by atoms with E-state index in [4.69, 9.17) is 11.6 Å². The smallest absolute Gasteiger partial charge is 0.145 e. The van der Waals surface area contributed by atoms with Crippen LogP contribution in [0.1, 0.15) is 0 Å². The summed E-state index contributed by atoms with van der Waals surface area (Å²) in [5.74, 6) is -0.323. The van der Waals surface area contributed by atoms with Gasteiger partial charge in [0.1, 0.15) is 34.3 Å². The van der Waals surface area contributed by atoms with Gasteiger partial charge in [0, 0.05) is 0 Å². The highest BCUT2D eigenvalue weighted by Crippen LogP contribution is 2.55. The van der Waals surface area contributed by atoms with Gasteiger partial charge in [-0.25, -0.2) is 4.39 Å². The molecule has 0 bridgehead atoms. The van der Waals surface area contributed by atoms with Gasteiger partial charge in [0.15, 0.2) is 0 Å². The van der Waals surface area contributed by atoms with Crippen LogP contribution in [-0.4, -0.2) is 0 Å². The summed E-state index contributed by atoms with van der Waals surface area (Å²) < 4.78 is 13.9. The number of benzene rings is 4. The number of halogens is 2. The Bertz CT molecular complexity index is 937. The van der Waals surface area contributed by atoms with Crippen molar-refractivity contribution < 1.29 is 4.39 Å². The highest BCUT2D eigenvalue weighted by molar-refractivity contribution is 8.01. The molecule has 0 aliphatic heterocycles. The second-order valence-electron chi connectivity index (χ2n) is 6.27. The number of hydrogen-bond acceptors (Lipinski definition) is 0. The summed E-state index contributed by atoms with van der Waals surface area (Å²) in [7, 11) is -2.26. The zero-order valence-electron chi connectivity index (χ0n) is 14.6. The van der Waals surface area contributed by atoms with Gasteiger partial charge in [0.25, 0.3) is 0 Å². The first-order valence-corrected chi connectivity index (χ1v) is 10.9. The molecule has 0 atom stereocenters. The summed E-state index contributed by atoms with van der Waals surface area (Å²) in [6, 6.07) is 36.0. The van der Waals surface area contributed by atoms with Gasteiger partial charge in [-0.2, -0.15) is 0 Å². The molecule has 0 spiro atoms. The van der Waals surface area contributed by atoms with Gasteiger partial charge in [-0.15, -0.1) is 0 Å². The van der Waals surface area contributed by atoms with Crippen LogP contribution >= 0.6 is 18.9 Å². The first-order chi connectivity index (χ1) is 13.2. The van der Waals surface area contributed by atoms with Crippen molar-refractivity contribution in [1.82, 2.24) is 0 Å². The molecule has 0 nitrogen and oxygen atoms in total. The predicted octanol–water partition coefficient (Wildman–Crippen LogP) is 5.10. The molecule has 132 valence electrons. The van der Waals surface area contributed by atoms with E-state index in [1.165, 1.54) is 28.0 Å². The van der Waals surface area contributed by atoms with Crippen LogP contribution in [0.4, 0.5) is 4.39 Å². The van der Waals surface area contributed by atoms with Crippen molar-refractivity contribution in [2.45, 2.75) is 0 Å². The van der Waals surface area contributed by atoms with Crippen molar-refractivity contribution in [3.8, 4) is 0 Å². The third-order valence-corrected chi connectivity index (χ3v) is 9.48. The standard InChI is InChI=1S/C24H18ClFP/c25-23-18-19(26)16-17-24(23)27(20-10-4-1-5-11-20,21-12-6-2-7-13-21)22-14-8-3-9-15-22/h1-18H/q+1. The molecular weight excluding hydrogens is 374 g/mol. The summed E-state index contributed by atoms with van der Waals surface area (Å²) >= 11 is 6.65. The van der Waals surface area contributed by atoms with Crippen LogP contribution < -0.4 is 21.2 Å². The molecule has 0 heterocycles. The molecule has 4 aromatic rings. The molecular formula is C24H18ClFP+. The van der Waals surface area contributed by atoms with Crippen molar-refractivity contribution >= 4 is 40.1 Å². The third kappa shape index (κ3) is 3.18. The summed E-state index contributed by atoms with van der Waals surface area (Å²) in [6.07, 6.45) is 0. The highest BCUT2D eigenvalue weighted by Gasteiger charge is 2.49. The van der Waals surface area contributed by atoms with Crippen molar-refractivity contribution in [3.63, 3.8) is 0 Å². The fourth-order valence-corrected chi connectivity index (χ4v) is 8.39. The van der Waals surface area contributed by atoms with Gasteiger partial charge in [0.2, 0.25) is 0 Å². The lowest BCUT2D eigenvalue weighted by molar-refractivity contribution is 0.628. The second-order valence-corrected chi connectivity index (χ2v) is 10.1. The monoisotopic (exact) mass is 391 g/mol. The van der Waals surface area contributed by atoms with Crippen LogP contribution in [0.25, 0.3) is 0 Å². The van der Waals surface area contributed by atoms with Crippen LogP contribution in [0, 0.1) is 5.82 Å². The maximum Gasteiger partial charge on any atom is 0.145 e. The minimum atomic E-state index is -2.26. The Labute approximate surface area is 164 Å². The lowest BCUT2D eigenvalue weighted by atomic mass is 10.3. The molecule has 4 rings (SSSR count). The zero-order valence-corrected chi connectivity index (χ0v) is 16.2. The number of hydrogen-bond donors (Lipinski definition) is 0. The lowest BCUT2D eigenvalue weighted by Gasteiger charge is -2.28. The van der Waals surface area contributed by atoms with Gasteiger partial charge < -0.3 is 0 Å². The Morgan fingerprint density at radius 2 is 0.963 bits per heavy atom. The molecule has 27 heavy (non-hydrogen) atoms. The van der Waals surface area contributed by atoms with E-state index in [9.17, 15) is 4.39 Å². The maximum atomic E-state index is 13.9. The molecule has 4 aromatic carbocycles. The van der Waals surface area contributed by atoms with E-state index >= 15 is 0 Å². The van der Waals surface area contributed by atoms with E-state index in [0.29, 0.717) is 5.02 Å². The molecule has 0 aliphatic carbocycles. The predicted molar refractivity (Wildman–Crippen MR) is 116 cm³/mol. The van der Waals surface area contributed by atoms with Crippen LogP contribution in [-0.2, 0) is 0 Å². The lowest BCUT2D eigenvalue weighted by Crippen LogP contribution is -2.39. The SMILES string of the molecule is Fc1ccc([P+](c2ccccc2)(c2ccccc2)c2ccccc2)c(Cl)c1. The van der Waals surface area contributed by atoms with E-state index in [1.807, 2.05) is 60.7 Å². The highest BCUT2D eigenvalue weighted by atomic mass is 35.5. The summed E-state index contributed by atoms with van der Waals surface area (Å²) in [4.78, 5) is 0. The molecule has 0 fully saturated rings. The topological polar surface area (TPSA) is 0 Å². The summed E-state index contributed by atoms with van der Waals surface area (Å²) in [6.45, 7) is 0. The average molecular weight is 392 g/mol. The van der Waals surface area contributed by atoms with Crippen LogP contribution in [0.2, 0.25) is 5.02 Å². The average Bonchev–Trinajstić information content (AvgIpc) is 2.72. The van der Waals surface area contributed by atoms with Crippen LogP contribution in [0.15, 0.2) is 109 Å². The van der Waals surface area contributed by atoms with Crippen LogP contribution in [0.3, 0.4) is 0 Å². The van der Waals surface area contributed by atoms with E-state index in [1.54, 1.807) is 0 Å². The molecule has 0 amide bonds. The fraction of sp³-hybridized carbons (Fsp3) is 0. The Balaban J connectivity index is 2.16. The van der Waals surface area contributed by atoms with Crippen LogP contribution in [0.5, 0.6) is 0 Å². The summed E-state index contributed by atoms with van der Waals surface area (Å²) in [5, 5.41) is 5.00. The third-order valence-electron chi connectivity index (χ3n) is 4.70. The van der Waals surface area contributed by atoms with E-state index in [-0.39, 0.29) is 5.82 Å². The molecule has 3 heteroatoms. The Kier molecular flexibility index (Phi) is 5.07. The Morgan fingerprint density at radius 3 is 1.33 bits per heavy atom. The van der Waals surface area contributed by atoms with E-state index in [2.05, 4.69) is 36.4 Å². The first-order valence-electron chi connectivity index (χ1n) is 8.74. The van der Waals surface area contributed by atoms with Gasteiger partial charge in [-0.3, -0.25) is 0 Å². The molecule has 0 N–H and O–H groups in total. The van der Waals surface area contributed by atoms with E-state index in [0.717, 1.165) is 5.30 Å². The molecule has 0 saturated heterocycles. The first kappa shape index (κ1) is 17.9. The molecule has 0 aliphatic rings. The van der Waals surface area contributed by atoms with E-state index < -0.39 is 7.26 Å². The van der Waals surface area contributed by atoms with Gasteiger partial charge >= 0.3 is 0 Å². The number of rotatable bonds is 4. The summed E-state index contributed by atoms with van der Waals surface area (Å²) in [5.41, 5.74) is 0. The molecule has 0 radical (unpaired) electrons. The molecule has 0 unspecified atom stereocenters. The second kappa shape index (κ2) is 7.64. The molecule has 0 saturated carbocycles. The van der Waals surface area contributed by atoms with Crippen molar-refractivity contribution in [1.29, 1.82) is 0 Å². The quantitative estimate of drug-likeness (QED) is 0.425.